The number of thioether (sulfide) groups is 1. The van der Waals surface area contributed by atoms with E-state index in [9.17, 15) is 0 Å². The van der Waals surface area contributed by atoms with E-state index in [4.69, 9.17) is 5.73 Å². The molecule has 0 heterocycles. The van der Waals surface area contributed by atoms with Crippen molar-refractivity contribution in [2.45, 2.75) is 24.8 Å². The van der Waals surface area contributed by atoms with E-state index >= 15 is 0 Å². The van der Waals surface area contributed by atoms with Gasteiger partial charge in [-0.1, -0.05) is 17.7 Å². The Morgan fingerprint density at radius 1 is 1.50 bits per heavy atom. The smallest absolute Gasteiger partial charge is 0.0178 e. The van der Waals surface area contributed by atoms with Gasteiger partial charge < -0.3 is 5.73 Å². The highest BCUT2D eigenvalue weighted by Crippen LogP contribution is 2.20. The molecule has 0 aliphatic rings. The second-order valence-corrected chi connectivity index (χ2v) is 4.58. The highest BCUT2D eigenvalue weighted by Gasteiger charge is 1.95. The molecule has 14 heavy (non-hydrogen) atoms. The minimum absolute atomic E-state index is 0.620. The predicted molar refractivity (Wildman–Crippen MR) is 64.5 cm³/mol. The van der Waals surface area contributed by atoms with Gasteiger partial charge in [0.05, 0.1) is 0 Å². The molecule has 1 aromatic carbocycles. The van der Waals surface area contributed by atoms with Crippen LogP contribution in [-0.2, 0) is 6.54 Å². The number of rotatable bonds is 5. The average Bonchev–Trinajstić information content (AvgIpc) is 2.18. The van der Waals surface area contributed by atoms with E-state index in [2.05, 4.69) is 37.8 Å². The van der Waals surface area contributed by atoms with Gasteiger partial charge in [-0.25, -0.2) is 0 Å². The van der Waals surface area contributed by atoms with Crippen LogP contribution in [-0.4, -0.2) is 5.75 Å². The summed E-state index contributed by atoms with van der Waals surface area (Å²) in [6.07, 6.45) is 1.08. The fraction of sp³-hybridized carbons (Fsp3) is 0.333. The van der Waals surface area contributed by atoms with Gasteiger partial charge in [0, 0.05) is 17.2 Å². The Hall–Kier alpha value is -0.730. The van der Waals surface area contributed by atoms with Crippen molar-refractivity contribution in [2.24, 2.45) is 5.73 Å². The van der Waals surface area contributed by atoms with Crippen LogP contribution in [0.2, 0.25) is 0 Å². The van der Waals surface area contributed by atoms with Crippen LogP contribution in [0.15, 0.2) is 41.3 Å². The zero-order valence-corrected chi connectivity index (χ0v) is 9.44. The third-order valence-electron chi connectivity index (χ3n) is 1.93. The Labute approximate surface area is 90.4 Å². The maximum atomic E-state index is 5.57. The van der Waals surface area contributed by atoms with Crippen LogP contribution in [0.25, 0.3) is 0 Å². The fourth-order valence-electron chi connectivity index (χ4n) is 1.11. The summed E-state index contributed by atoms with van der Waals surface area (Å²) in [7, 11) is 0. The van der Waals surface area contributed by atoms with Crippen LogP contribution in [0.1, 0.15) is 18.9 Å². The molecule has 0 amide bonds. The van der Waals surface area contributed by atoms with Gasteiger partial charge in [-0.3, -0.25) is 0 Å². The number of hydrogen-bond donors (Lipinski definition) is 1. The van der Waals surface area contributed by atoms with E-state index in [1.54, 1.807) is 0 Å². The lowest BCUT2D eigenvalue weighted by Crippen LogP contribution is -1.95. The summed E-state index contributed by atoms with van der Waals surface area (Å²) >= 11 is 1.86. The minimum Gasteiger partial charge on any atom is -0.326 e. The summed E-state index contributed by atoms with van der Waals surface area (Å²) < 4.78 is 0. The molecule has 0 aliphatic carbocycles. The number of benzene rings is 1. The highest BCUT2D eigenvalue weighted by molar-refractivity contribution is 7.99. The molecule has 0 radical (unpaired) electrons. The zero-order valence-electron chi connectivity index (χ0n) is 8.62. The molecule has 0 atom stereocenters. The molecule has 0 spiro atoms. The predicted octanol–water partition coefficient (Wildman–Crippen LogP) is 3.20. The van der Waals surface area contributed by atoms with Crippen molar-refractivity contribution in [3.63, 3.8) is 0 Å². The molecule has 0 saturated heterocycles. The minimum atomic E-state index is 0.620. The first-order chi connectivity index (χ1) is 6.72. The molecule has 2 heteroatoms. The van der Waals surface area contributed by atoms with E-state index in [0.717, 1.165) is 12.2 Å². The van der Waals surface area contributed by atoms with Crippen molar-refractivity contribution in [1.82, 2.24) is 0 Å². The summed E-state index contributed by atoms with van der Waals surface area (Å²) in [5, 5.41) is 0. The Balaban J connectivity index is 2.46. The monoisotopic (exact) mass is 207 g/mol. The SMILES string of the molecule is C=C(C)CCSc1cccc(CN)c1. The largest absolute Gasteiger partial charge is 0.326 e. The van der Waals surface area contributed by atoms with Crippen LogP contribution in [0.5, 0.6) is 0 Å². The molecule has 2 N–H and O–H groups in total. The Kier molecular flexibility index (Phi) is 4.77. The molecule has 1 rings (SSSR count). The molecule has 76 valence electrons. The third-order valence-corrected chi connectivity index (χ3v) is 2.93. The summed E-state index contributed by atoms with van der Waals surface area (Å²) in [5.74, 6) is 1.10. The molecule has 1 nitrogen and oxygen atoms in total. The summed E-state index contributed by atoms with van der Waals surface area (Å²) in [5.41, 5.74) is 8.01. The fourth-order valence-corrected chi connectivity index (χ4v) is 2.20. The van der Waals surface area contributed by atoms with Gasteiger partial charge in [0.25, 0.3) is 0 Å². The first-order valence-corrected chi connectivity index (χ1v) is 5.77. The quantitative estimate of drug-likeness (QED) is 0.592. The summed E-state index contributed by atoms with van der Waals surface area (Å²) in [6, 6.07) is 8.40. The van der Waals surface area contributed by atoms with Gasteiger partial charge in [-0.15, -0.1) is 18.3 Å². The molecule has 0 aliphatic heterocycles. The average molecular weight is 207 g/mol. The number of nitrogens with two attached hydrogens (primary N) is 1. The van der Waals surface area contributed by atoms with E-state index in [-0.39, 0.29) is 0 Å². The molecule has 0 aromatic heterocycles. The lowest BCUT2D eigenvalue weighted by Gasteiger charge is -2.03. The topological polar surface area (TPSA) is 26.0 Å². The first kappa shape index (κ1) is 11.3. The highest BCUT2D eigenvalue weighted by atomic mass is 32.2. The van der Waals surface area contributed by atoms with E-state index in [1.165, 1.54) is 16.0 Å². The standard InChI is InChI=1S/C12H17NS/c1-10(2)6-7-14-12-5-3-4-11(8-12)9-13/h3-5,8H,1,6-7,9,13H2,2H3. The van der Waals surface area contributed by atoms with E-state index in [1.807, 2.05) is 11.8 Å². The molecular weight excluding hydrogens is 190 g/mol. The Bertz CT molecular complexity index is 307. The molecule has 0 unspecified atom stereocenters. The van der Waals surface area contributed by atoms with Crippen LogP contribution in [0.4, 0.5) is 0 Å². The van der Waals surface area contributed by atoms with Crippen molar-refractivity contribution in [3.8, 4) is 0 Å². The van der Waals surface area contributed by atoms with Gasteiger partial charge in [-0.2, -0.15) is 0 Å². The second-order valence-electron chi connectivity index (χ2n) is 3.41. The third kappa shape index (κ3) is 3.99. The number of hydrogen-bond acceptors (Lipinski definition) is 2. The molecule has 0 saturated carbocycles. The van der Waals surface area contributed by atoms with E-state index < -0.39 is 0 Å². The van der Waals surface area contributed by atoms with Crippen molar-refractivity contribution in [3.05, 3.63) is 42.0 Å². The molecular formula is C12H17NS. The van der Waals surface area contributed by atoms with E-state index in [0.29, 0.717) is 6.54 Å². The lowest BCUT2D eigenvalue weighted by molar-refractivity contribution is 1.06. The Morgan fingerprint density at radius 3 is 2.93 bits per heavy atom. The lowest BCUT2D eigenvalue weighted by atomic mass is 10.2. The van der Waals surface area contributed by atoms with Crippen LogP contribution >= 0.6 is 11.8 Å². The van der Waals surface area contributed by atoms with Gasteiger partial charge in [0.1, 0.15) is 0 Å². The maximum Gasteiger partial charge on any atom is 0.0178 e. The summed E-state index contributed by atoms with van der Waals surface area (Å²) in [6.45, 7) is 6.57. The normalized spacial score (nSPS) is 10.1. The van der Waals surface area contributed by atoms with Crippen LogP contribution in [0, 0.1) is 0 Å². The number of allylic oxidation sites excluding steroid dienone is 1. The first-order valence-electron chi connectivity index (χ1n) is 4.78. The van der Waals surface area contributed by atoms with Gasteiger partial charge in [0.15, 0.2) is 0 Å². The Morgan fingerprint density at radius 2 is 2.29 bits per heavy atom. The summed E-state index contributed by atoms with van der Waals surface area (Å²) in [4.78, 5) is 1.30. The van der Waals surface area contributed by atoms with Crippen molar-refractivity contribution < 1.29 is 0 Å². The second kappa shape index (κ2) is 5.89. The molecule has 1 aromatic rings. The zero-order chi connectivity index (χ0) is 10.4. The van der Waals surface area contributed by atoms with Gasteiger partial charge in [0.2, 0.25) is 0 Å². The van der Waals surface area contributed by atoms with Crippen LogP contribution in [0.3, 0.4) is 0 Å². The van der Waals surface area contributed by atoms with Gasteiger partial charge >= 0.3 is 0 Å². The van der Waals surface area contributed by atoms with Crippen molar-refractivity contribution in [1.29, 1.82) is 0 Å². The van der Waals surface area contributed by atoms with Gasteiger partial charge in [-0.05, 0) is 31.0 Å². The van der Waals surface area contributed by atoms with Crippen LogP contribution < -0.4 is 5.73 Å². The molecule has 0 fully saturated rings. The van der Waals surface area contributed by atoms with Crippen molar-refractivity contribution in [2.75, 3.05) is 5.75 Å². The van der Waals surface area contributed by atoms with Crippen molar-refractivity contribution >= 4 is 11.8 Å². The molecule has 0 bridgehead atoms. The maximum absolute atomic E-state index is 5.57.